The fourth-order valence-electron chi connectivity index (χ4n) is 2.35. The molecule has 1 aliphatic rings. The van der Waals surface area contributed by atoms with Gasteiger partial charge in [0, 0.05) is 13.1 Å². The number of rotatable bonds is 1. The van der Waals surface area contributed by atoms with E-state index in [0.717, 1.165) is 19.5 Å². The molecule has 18 heavy (non-hydrogen) atoms. The lowest BCUT2D eigenvalue weighted by atomic mass is 9.88. The van der Waals surface area contributed by atoms with Gasteiger partial charge in [-0.25, -0.2) is 4.39 Å². The average molecular weight is 311 g/mol. The summed E-state index contributed by atoms with van der Waals surface area (Å²) in [6.45, 7) is 6.19. The molecule has 0 aliphatic carbocycles. The van der Waals surface area contributed by atoms with Crippen LogP contribution in [0.5, 0.6) is 0 Å². The third kappa shape index (κ3) is 2.37. The van der Waals surface area contributed by atoms with Gasteiger partial charge in [0.15, 0.2) is 5.82 Å². The summed E-state index contributed by atoms with van der Waals surface area (Å²) in [7, 11) is 0. The minimum Gasteiger partial charge on any atom is -0.369 e. The second kappa shape index (κ2) is 5.27. The normalized spacial score (nSPS) is 23.8. The quantitative estimate of drug-likeness (QED) is 0.785. The Labute approximate surface area is 116 Å². The van der Waals surface area contributed by atoms with Crippen molar-refractivity contribution >= 4 is 21.6 Å². The van der Waals surface area contributed by atoms with Gasteiger partial charge in [-0.05, 0) is 46.3 Å². The molecule has 96 valence electrons. The van der Waals surface area contributed by atoms with Crippen LogP contribution in [0.2, 0.25) is 0 Å². The molecule has 2 unspecified atom stereocenters. The SMILES string of the molecule is CC1CCN(c2ccc(C#N)c(Br)c2F)CC1C. The number of nitrogens with zero attached hydrogens (tertiary/aromatic N) is 2. The number of halogens is 2. The van der Waals surface area contributed by atoms with Crippen LogP contribution >= 0.6 is 15.9 Å². The molecule has 1 fully saturated rings. The van der Waals surface area contributed by atoms with Gasteiger partial charge in [0.25, 0.3) is 0 Å². The Balaban J connectivity index is 2.30. The molecule has 0 amide bonds. The van der Waals surface area contributed by atoms with E-state index in [2.05, 4.69) is 34.7 Å². The number of anilines is 1. The Morgan fingerprint density at radius 3 is 2.72 bits per heavy atom. The monoisotopic (exact) mass is 310 g/mol. The van der Waals surface area contributed by atoms with Crippen LogP contribution in [0.3, 0.4) is 0 Å². The third-order valence-electron chi connectivity index (χ3n) is 3.86. The van der Waals surface area contributed by atoms with Crippen LogP contribution in [-0.4, -0.2) is 13.1 Å². The number of piperidine rings is 1. The van der Waals surface area contributed by atoms with Crippen LogP contribution in [-0.2, 0) is 0 Å². The van der Waals surface area contributed by atoms with Gasteiger partial charge in [-0.15, -0.1) is 0 Å². The molecule has 1 aromatic carbocycles. The Morgan fingerprint density at radius 2 is 2.11 bits per heavy atom. The minimum absolute atomic E-state index is 0.272. The molecule has 1 aliphatic heterocycles. The molecule has 0 spiro atoms. The van der Waals surface area contributed by atoms with Gasteiger partial charge in [-0.2, -0.15) is 5.26 Å². The molecular weight excluding hydrogens is 295 g/mol. The maximum Gasteiger partial charge on any atom is 0.161 e. The third-order valence-corrected chi connectivity index (χ3v) is 4.63. The number of hydrogen-bond donors (Lipinski definition) is 0. The summed E-state index contributed by atoms with van der Waals surface area (Å²) >= 11 is 3.16. The van der Waals surface area contributed by atoms with E-state index in [0.29, 0.717) is 23.1 Å². The second-order valence-electron chi connectivity index (χ2n) is 5.06. The second-order valence-corrected chi connectivity index (χ2v) is 5.85. The standard InChI is InChI=1S/C14H16BrFN2/c1-9-5-6-18(8-10(9)2)12-4-3-11(7-17)13(15)14(12)16/h3-4,9-10H,5-6,8H2,1-2H3. The summed E-state index contributed by atoms with van der Waals surface area (Å²) < 4.78 is 14.5. The fourth-order valence-corrected chi connectivity index (χ4v) is 2.78. The molecule has 1 aromatic rings. The van der Waals surface area contributed by atoms with Gasteiger partial charge in [0.05, 0.1) is 15.7 Å². The predicted octanol–water partition coefficient (Wildman–Crippen LogP) is 3.94. The van der Waals surface area contributed by atoms with E-state index in [1.807, 2.05) is 6.07 Å². The molecule has 1 saturated heterocycles. The van der Waals surface area contributed by atoms with Gasteiger partial charge < -0.3 is 4.90 Å². The molecule has 2 atom stereocenters. The van der Waals surface area contributed by atoms with E-state index in [4.69, 9.17) is 5.26 Å². The number of hydrogen-bond acceptors (Lipinski definition) is 2. The first-order valence-corrected chi connectivity index (χ1v) is 6.97. The molecule has 0 radical (unpaired) electrons. The van der Waals surface area contributed by atoms with Gasteiger partial charge in [0.2, 0.25) is 0 Å². The first-order valence-electron chi connectivity index (χ1n) is 6.17. The lowest BCUT2D eigenvalue weighted by Gasteiger charge is -2.37. The highest BCUT2D eigenvalue weighted by molar-refractivity contribution is 9.10. The van der Waals surface area contributed by atoms with E-state index in [1.165, 1.54) is 0 Å². The zero-order chi connectivity index (χ0) is 13.3. The van der Waals surface area contributed by atoms with Gasteiger partial charge in [-0.3, -0.25) is 0 Å². The van der Waals surface area contributed by atoms with E-state index in [-0.39, 0.29) is 10.3 Å². The Morgan fingerprint density at radius 1 is 1.39 bits per heavy atom. The van der Waals surface area contributed by atoms with Crippen LogP contribution in [0.4, 0.5) is 10.1 Å². The highest BCUT2D eigenvalue weighted by atomic mass is 79.9. The molecule has 0 saturated carbocycles. The predicted molar refractivity (Wildman–Crippen MR) is 74.0 cm³/mol. The zero-order valence-electron chi connectivity index (χ0n) is 10.6. The molecule has 0 N–H and O–H groups in total. The van der Waals surface area contributed by atoms with Crippen molar-refractivity contribution < 1.29 is 4.39 Å². The lowest BCUT2D eigenvalue weighted by Crippen LogP contribution is -2.38. The summed E-state index contributed by atoms with van der Waals surface area (Å²) in [5.74, 6) is 0.925. The van der Waals surface area contributed by atoms with Crippen molar-refractivity contribution in [3.8, 4) is 6.07 Å². The average Bonchev–Trinajstić information content (AvgIpc) is 2.36. The summed E-state index contributed by atoms with van der Waals surface area (Å²) in [6, 6.07) is 5.36. The molecule has 2 nitrogen and oxygen atoms in total. The van der Waals surface area contributed by atoms with Crippen molar-refractivity contribution in [2.24, 2.45) is 11.8 Å². The van der Waals surface area contributed by atoms with E-state index >= 15 is 0 Å². The Bertz CT molecular complexity index is 495. The number of benzene rings is 1. The molecule has 0 aromatic heterocycles. The summed E-state index contributed by atoms with van der Waals surface area (Å²) in [5, 5.41) is 8.86. The highest BCUT2D eigenvalue weighted by Crippen LogP contribution is 2.33. The van der Waals surface area contributed by atoms with Crippen LogP contribution in [0, 0.1) is 29.0 Å². The van der Waals surface area contributed by atoms with Crippen molar-refractivity contribution in [3.05, 3.63) is 28.0 Å². The lowest BCUT2D eigenvalue weighted by molar-refractivity contribution is 0.322. The molecule has 4 heteroatoms. The van der Waals surface area contributed by atoms with Crippen LogP contribution in [0.25, 0.3) is 0 Å². The number of nitriles is 1. The fraction of sp³-hybridized carbons (Fsp3) is 0.500. The molecule has 1 heterocycles. The van der Waals surface area contributed by atoms with Crippen molar-refractivity contribution in [1.82, 2.24) is 0 Å². The largest absolute Gasteiger partial charge is 0.369 e. The van der Waals surface area contributed by atoms with Crippen LogP contribution in [0.15, 0.2) is 16.6 Å². The van der Waals surface area contributed by atoms with E-state index in [1.54, 1.807) is 12.1 Å². The van der Waals surface area contributed by atoms with Crippen molar-refractivity contribution in [2.45, 2.75) is 20.3 Å². The van der Waals surface area contributed by atoms with Crippen molar-refractivity contribution in [1.29, 1.82) is 5.26 Å². The Kier molecular flexibility index (Phi) is 3.91. The maximum atomic E-state index is 14.2. The van der Waals surface area contributed by atoms with E-state index < -0.39 is 0 Å². The first kappa shape index (κ1) is 13.4. The highest BCUT2D eigenvalue weighted by Gasteiger charge is 2.25. The topological polar surface area (TPSA) is 27.0 Å². The zero-order valence-corrected chi connectivity index (χ0v) is 12.2. The smallest absolute Gasteiger partial charge is 0.161 e. The van der Waals surface area contributed by atoms with Crippen LogP contribution in [0.1, 0.15) is 25.8 Å². The van der Waals surface area contributed by atoms with Crippen molar-refractivity contribution in [3.63, 3.8) is 0 Å². The summed E-state index contributed by atoms with van der Waals surface area (Å²) in [6.07, 6.45) is 1.08. The van der Waals surface area contributed by atoms with Crippen molar-refractivity contribution in [2.75, 3.05) is 18.0 Å². The summed E-state index contributed by atoms with van der Waals surface area (Å²) in [5.41, 5.74) is 0.939. The van der Waals surface area contributed by atoms with Crippen LogP contribution < -0.4 is 4.90 Å². The minimum atomic E-state index is -0.323. The molecular formula is C14H16BrFN2. The molecule has 0 bridgehead atoms. The van der Waals surface area contributed by atoms with Gasteiger partial charge in [-0.1, -0.05) is 13.8 Å². The van der Waals surface area contributed by atoms with E-state index in [9.17, 15) is 4.39 Å². The Hall–Kier alpha value is -1.08. The molecule has 2 rings (SSSR count). The first-order chi connectivity index (χ1) is 8.54. The summed E-state index contributed by atoms with van der Waals surface area (Å²) in [4.78, 5) is 2.08. The van der Waals surface area contributed by atoms with Gasteiger partial charge in [0.1, 0.15) is 6.07 Å². The van der Waals surface area contributed by atoms with Gasteiger partial charge >= 0.3 is 0 Å². The maximum absolute atomic E-state index is 14.2.